The second kappa shape index (κ2) is 8.19. The average Bonchev–Trinajstić information content (AvgIpc) is 3.13. The molecule has 1 aromatic carbocycles. The molecule has 0 aromatic heterocycles. The summed E-state index contributed by atoms with van der Waals surface area (Å²) < 4.78 is 11.5. The summed E-state index contributed by atoms with van der Waals surface area (Å²) in [5.74, 6) is 1.87. The first kappa shape index (κ1) is 19.4. The summed E-state index contributed by atoms with van der Waals surface area (Å²) in [6.07, 6.45) is 6.48. The summed E-state index contributed by atoms with van der Waals surface area (Å²) in [5.41, 5.74) is 1.51. The predicted octanol–water partition coefficient (Wildman–Crippen LogP) is 2.79. The summed E-state index contributed by atoms with van der Waals surface area (Å²) in [4.78, 5) is 6.90. The number of guanidine groups is 1. The van der Waals surface area contributed by atoms with Gasteiger partial charge in [0.05, 0.1) is 18.9 Å². The number of hydrogen-bond acceptors (Lipinski definition) is 4. The van der Waals surface area contributed by atoms with E-state index in [4.69, 9.17) is 9.47 Å². The van der Waals surface area contributed by atoms with Crippen molar-refractivity contribution in [1.29, 1.82) is 0 Å². The van der Waals surface area contributed by atoms with Crippen LogP contribution in [0.4, 0.5) is 5.69 Å². The quantitative estimate of drug-likeness (QED) is 0.582. The lowest BCUT2D eigenvalue weighted by atomic mass is 9.51. The van der Waals surface area contributed by atoms with Gasteiger partial charge in [-0.3, -0.25) is 4.99 Å². The summed E-state index contributed by atoms with van der Waals surface area (Å²) >= 11 is 0. The highest BCUT2D eigenvalue weighted by molar-refractivity contribution is 5.80. The van der Waals surface area contributed by atoms with Gasteiger partial charge < -0.3 is 25.0 Å². The molecular formula is C22H34N4O2. The summed E-state index contributed by atoms with van der Waals surface area (Å²) in [6, 6.07) is 9.12. The molecule has 1 aromatic rings. The van der Waals surface area contributed by atoms with Gasteiger partial charge in [0.15, 0.2) is 5.96 Å². The minimum Gasteiger partial charge on any atom is -0.495 e. The Morgan fingerprint density at radius 1 is 1.29 bits per heavy atom. The number of benzene rings is 1. The fourth-order valence-electron chi connectivity index (χ4n) is 5.16. The van der Waals surface area contributed by atoms with E-state index in [2.05, 4.69) is 39.6 Å². The molecule has 3 atom stereocenters. The van der Waals surface area contributed by atoms with Crippen LogP contribution in [0.5, 0.6) is 5.75 Å². The first-order valence-electron chi connectivity index (χ1n) is 10.7. The van der Waals surface area contributed by atoms with Crippen LogP contribution in [0, 0.1) is 5.41 Å². The van der Waals surface area contributed by atoms with Gasteiger partial charge in [-0.15, -0.1) is 0 Å². The summed E-state index contributed by atoms with van der Waals surface area (Å²) in [5, 5.41) is 7.35. The molecule has 3 fully saturated rings. The van der Waals surface area contributed by atoms with Gasteiger partial charge in [0.2, 0.25) is 0 Å². The fraction of sp³-hybridized carbons (Fsp3) is 0.682. The molecule has 3 aliphatic rings. The molecule has 0 radical (unpaired) electrons. The topological polar surface area (TPSA) is 58.1 Å². The van der Waals surface area contributed by atoms with Crippen LogP contribution in [0.25, 0.3) is 0 Å². The third-order valence-corrected chi connectivity index (χ3v) is 6.93. The standard InChI is InChI=1S/C22H34N4O2/c1-4-28-20-14-19(22(20)11-7-12-22)25-21(23-2)24-16-10-13-26(15-16)17-8-5-6-9-18(17)27-3/h5-6,8-9,16,19-20H,4,7,10-15H2,1-3H3,(H2,23,24,25). The molecule has 0 bridgehead atoms. The maximum Gasteiger partial charge on any atom is 0.191 e. The zero-order valence-electron chi connectivity index (χ0n) is 17.4. The highest BCUT2D eigenvalue weighted by Gasteiger charge is 2.59. The number of rotatable bonds is 6. The predicted molar refractivity (Wildman–Crippen MR) is 113 cm³/mol. The molecule has 2 aliphatic carbocycles. The van der Waals surface area contributed by atoms with E-state index in [9.17, 15) is 0 Å². The number of ether oxygens (including phenoxy) is 2. The Hall–Kier alpha value is -1.95. The molecule has 154 valence electrons. The van der Waals surface area contributed by atoms with E-state index >= 15 is 0 Å². The van der Waals surface area contributed by atoms with Crippen molar-refractivity contribution in [2.24, 2.45) is 10.4 Å². The lowest BCUT2D eigenvalue weighted by Gasteiger charge is -2.61. The van der Waals surface area contributed by atoms with Crippen LogP contribution in [-0.4, -0.2) is 58.0 Å². The Labute approximate surface area is 168 Å². The van der Waals surface area contributed by atoms with Crippen LogP contribution in [0.2, 0.25) is 0 Å². The van der Waals surface area contributed by atoms with E-state index in [1.165, 1.54) is 24.9 Å². The van der Waals surface area contributed by atoms with Crippen LogP contribution >= 0.6 is 0 Å². The zero-order valence-corrected chi connectivity index (χ0v) is 17.4. The highest BCUT2D eigenvalue weighted by atomic mass is 16.5. The van der Waals surface area contributed by atoms with Gasteiger partial charge in [0.25, 0.3) is 0 Å². The van der Waals surface area contributed by atoms with Crippen molar-refractivity contribution in [3.63, 3.8) is 0 Å². The van der Waals surface area contributed by atoms with Crippen molar-refractivity contribution in [3.8, 4) is 5.75 Å². The number of anilines is 1. The van der Waals surface area contributed by atoms with Gasteiger partial charge in [0.1, 0.15) is 5.75 Å². The number of aliphatic imine (C=N–C) groups is 1. The summed E-state index contributed by atoms with van der Waals surface area (Å²) in [7, 11) is 3.61. The molecule has 6 nitrogen and oxygen atoms in total. The van der Waals surface area contributed by atoms with Crippen LogP contribution < -0.4 is 20.3 Å². The molecule has 1 aliphatic heterocycles. The van der Waals surface area contributed by atoms with Crippen LogP contribution in [-0.2, 0) is 4.74 Å². The Kier molecular flexibility index (Phi) is 5.67. The normalized spacial score (nSPS) is 28.6. The molecule has 2 N–H and O–H groups in total. The van der Waals surface area contributed by atoms with Gasteiger partial charge in [-0.1, -0.05) is 18.6 Å². The molecule has 28 heavy (non-hydrogen) atoms. The van der Waals surface area contributed by atoms with E-state index in [-0.39, 0.29) is 0 Å². The second-order valence-electron chi connectivity index (χ2n) is 8.28. The number of para-hydroxylation sites is 2. The lowest BCUT2D eigenvalue weighted by Crippen LogP contribution is -2.69. The minimum atomic E-state index is 0.340. The molecule has 0 amide bonds. The van der Waals surface area contributed by atoms with Gasteiger partial charge in [-0.2, -0.15) is 0 Å². The minimum absolute atomic E-state index is 0.340. The SMILES string of the molecule is CCOC1CC(NC(=NC)NC2CCN(c3ccccc3OC)C2)C12CCC2. The molecule has 4 rings (SSSR count). The third kappa shape index (κ3) is 3.43. The van der Waals surface area contributed by atoms with Crippen LogP contribution in [0.15, 0.2) is 29.3 Å². The highest BCUT2D eigenvalue weighted by Crippen LogP contribution is 2.57. The first-order valence-corrected chi connectivity index (χ1v) is 10.7. The maximum absolute atomic E-state index is 5.98. The van der Waals surface area contributed by atoms with Crippen molar-refractivity contribution in [3.05, 3.63) is 24.3 Å². The van der Waals surface area contributed by atoms with E-state index < -0.39 is 0 Å². The van der Waals surface area contributed by atoms with E-state index in [1.54, 1.807) is 7.11 Å². The number of methoxy groups -OCH3 is 1. The molecule has 2 saturated carbocycles. The average molecular weight is 387 g/mol. The molecular weight excluding hydrogens is 352 g/mol. The van der Waals surface area contributed by atoms with Crippen molar-refractivity contribution in [2.45, 2.75) is 57.2 Å². The van der Waals surface area contributed by atoms with Gasteiger partial charge in [-0.05, 0) is 44.7 Å². The third-order valence-electron chi connectivity index (χ3n) is 6.93. The maximum atomic E-state index is 5.98. The zero-order chi connectivity index (χ0) is 19.6. The second-order valence-corrected chi connectivity index (χ2v) is 8.28. The molecule has 3 unspecified atom stereocenters. The Balaban J connectivity index is 1.33. The molecule has 1 heterocycles. The molecule has 1 spiro atoms. The Morgan fingerprint density at radius 3 is 2.79 bits per heavy atom. The van der Waals surface area contributed by atoms with Gasteiger partial charge in [-0.25, -0.2) is 0 Å². The van der Waals surface area contributed by atoms with E-state index in [0.29, 0.717) is 23.6 Å². The lowest BCUT2D eigenvalue weighted by molar-refractivity contribution is -0.168. The largest absolute Gasteiger partial charge is 0.495 e. The van der Waals surface area contributed by atoms with E-state index in [1.807, 2.05) is 19.2 Å². The van der Waals surface area contributed by atoms with Crippen molar-refractivity contribution < 1.29 is 9.47 Å². The van der Waals surface area contributed by atoms with Gasteiger partial charge in [0, 0.05) is 44.2 Å². The Morgan fingerprint density at radius 2 is 2.11 bits per heavy atom. The fourth-order valence-corrected chi connectivity index (χ4v) is 5.16. The molecule has 1 saturated heterocycles. The molecule has 6 heteroatoms. The Bertz CT molecular complexity index is 704. The van der Waals surface area contributed by atoms with E-state index in [0.717, 1.165) is 44.2 Å². The van der Waals surface area contributed by atoms with Crippen molar-refractivity contribution in [1.82, 2.24) is 10.6 Å². The van der Waals surface area contributed by atoms with Crippen molar-refractivity contribution in [2.75, 3.05) is 38.8 Å². The first-order chi connectivity index (χ1) is 13.7. The van der Waals surface area contributed by atoms with Crippen LogP contribution in [0.1, 0.15) is 39.0 Å². The monoisotopic (exact) mass is 386 g/mol. The van der Waals surface area contributed by atoms with Crippen molar-refractivity contribution >= 4 is 11.6 Å². The van der Waals surface area contributed by atoms with Gasteiger partial charge >= 0.3 is 0 Å². The van der Waals surface area contributed by atoms with Crippen LogP contribution in [0.3, 0.4) is 0 Å². The summed E-state index contributed by atoms with van der Waals surface area (Å²) in [6.45, 7) is 4.89. The smallest absolute Gasteiger partial charge is 0.191 e. The number of nitrogens with zero attached hydrogens (tertiary/aromatic N) is 2. The number of nitrogens with one attached hydrogen (secondary N) is 2. The number of hydrogen-bond donors (Lipinski definition) is 2.